The average molecular weight is 334 g/mol. The third kappa shape index (κ3) is 6.81. The number of carbonyl (C=O) groups is 3. The summed E-state index contributed by atoms with van der Waals surface area (Å²) in [6.45, 7) is 5.82. The van der Waals surface area contributed by atoms with Crippen LogP contribution in [-0.2, 0) is 9.59 Å². The second-order valence-electron chi connectivity index (χ2n) is 6.47. The smallest absolute Gasteiger partial charge is 0.306 e. The first-order chi connectivity index (χ1) is 11.3. The number of nitrogens with one attached hydrogen (secondary N) is 2. The molecule has 1 aromatic rings. The van der Waals surface area contributed by atoms with Gasteiger partial charge in [-0.1, -0.05) is 45.4 Å². The van der Waals surface area contributed by atoms with Crippen LogP contribution in [0.5, 0.6) is 0 Å². The molecule has 6 heteroatoms. The Balaban J connectivity index is 2.47. The number of carboxylic acids is 1. The molecule has 2 atom stereocenters. The lowest BCUT2D eigenvalue weighted by atomic mass is 9.85. The molecular weight excluding hydrogens is 308 g/mol. The fourth-order valence-corrected chi connectivity index (χ4v) is 2.44. The molecule has 0 spiro atoms. The number of benzene rings is 1. The summed E-state index contributed by atoms with van der Waals surface area (Å²) in [7, 11) is 0. The van der Waals surface area contributed by atoms with Crippen LogP contribution < -0.4 is 10.9 Å². The van der Waals surface area contributed by atoms with Crippen molar-refractivity contribution < 1.29 is 19.5 Å². The minimum absolute atomic E-state index is 0.0458. The number of rotatable bonds is 8. The molecule has 0 fully saturated rings. The van der Waals surface area contributed by atoms with E-state index in [-0.39, 0.29) is 12.3 Å². The van der Waals surface area contributed by atoms with E-state index >= 15 is 0 Å². The third-order valence-corrected chi connectivity index (χ3v) is 3.92. The second-order valence-corrected chi connectivity index (χ2v) is 6.47. The fourth-order valence-electron chi connectivity index (χ4n) is 2.44. The molecule has 0 saturated heterocycles. The molecule has 1 rings (SSSR count). The van der Waals surface area contributed by atoms with Crippen molar-refractivity contribution in [1.82, 2.24) is 10.9 Å². The summed E-state index contributed by atoms with van der Waals surface area (Å²) in [5.74, 6) is -2.16. The van der Waals surface area contributed by atoms with Crippen molar-refractivity contribution in [3.05, 3.63) is 35.9 Å². The first-order valence-corrected chi connectivity index (χ1v) is 8.18. The van der Waals surface area contributed by atoms with Crippen molar-refractivity contribution in [2.75, 3.05) is 0 Å². The zero-order valence-corrected chi connectivity index (χ0v) is 14.4. The van der Waals surface area contributed by atoms with E-state index in [0.29, 0.717) is 17.9 Å². The fraction of sp³-hybridized carbons (Fsp3) is 0.500. The molecule has 0 bridgehead atoms. The topological polar surface area (TPSA) is 95.5 Å². The zero-order valence-electron chi connectivity index (χ0n) is 14.4. The standard InChI is InChI=1S/C18H26N2O4/c1-12(2)9-10-15(18(23)24)13(3)11-16(21)19-20-17(22)14-7-5-4-6-8-14/h4-8,12-13,15H,9-11H2,1-3H3,(H,19,21)(H,20,22)(H,23,24). The van der Waals surface area contributed by atoms with Gasteiger partial charge in [0.15, 0.2) is 0 Å². The number of aliphatic carboxylic acids is 1. The monoisotopic (exact) mass is 334 g/mol. The van der Waals surface area contributed by atoms with Gasteiger partial charge in [-0.25, -0.2) is 0 Å². The Labute approximate surface area is 142 Å². The summed E-state index contributed by atoms with van der Waals surface area (Å²) in [6, 6.07) is 8.52. The summed E-state index contributed by atoms with van der Waals surface area (Å²) in [4.78, 5) is 35.2. The Bertz CT molecular complexity index is 557. The maximum Gasteiger partial charge on any atom is 0.306 e. The van der Waals surface area contributed by atoms with Crippen LogP contribution in [0.2, 0.25) is 0 Å². The van der Waals surface area contributed by atoms with Crippen molar-refractivity contribution in [1.29, 1.82) is 0 Å². The Morgan fingerprint density at radius 2 is 1.62 bits per heavy atom. The Hall–Kier alpha value is -2.37. The highest BCUT2D eigenvalue weighted by Gasteiger charge is 2.26. The molecule has 2 unspecified atom stereocenters. The lowest BCUT2D eigenvalue weighted by molar-refractivity contribution is -0.144. The maximum absolute atomic E-state index is 11.9. The summed E-state index contributed by atoms with van der Waals surface area (Å²) in [5.41, 5.74) is 5.11. The molecule has 132 valence electrons. The van der Waals surface area contributed by atoms with Crippen LogP contribution in [0.1, 0.15) is 50.4 Å². The molecule has 0 heterocycles. The van der Waals surface area contributed by atoms with E-state index in [1.807, 2.05) is 13.8 Å². The lowest BCUT2D eigenvalue weighted by Gasteiger charge is -2.20. The molecular formula is C18H26N2O4. The van der Waals surface area contributed by atoms with Gasteiger partial charge in [0.1, 0.15) is 0 Å². The number of hydrazine groups is 1. The van der Waals surface area contributed by atoms with E-state index in [2.05, 4.69) is 10.9 Å². The minimum atomic E-state index is -0.885. The quantitative estimate of drug-likeness (QED) is 0.637. The maximum atomic E-state index is 11.9. The van der Waals surface area contributed by atoms with Crippen LogP contribution in [-0.4, -0.2) is 22.9 Å². The van der Waals surface area contributed by atoms with Gasteiger partial charge in [0.05, 0.1) is 5.92 Å². The van der Waals surface area contributed by atoms with Crippen LogP contribution >= 0.6 is 0 Å². The van der Waals surface area contributed by atoms with Crippen molar-refractivity contribution in [2.45, 2.75) is 40.0 Å². The molecule has 0 saturated carbocycles. The molecule has 2 amide bonds. The van der Waals surface area contributed by atoms with Gasteiger partial charge in [0, 0.05) is 12.0 Å². The highest BCUT2D eigenvalue weighted by Crippen LogP contribution is 2.23. The van der Waals surface area contributed by atoms with Crippen LogP contribution in [0.4, 0.5) is 0 Å². The molecule has 0 aliphatic rings. The largest absolute Gasteiger partial charge is 0.481 e. The van der Waals surface area contributed by atoms with Crippen LogP contribution in [0.3, 0.4) is 0 Å². The summed E-state index contributed by atoms with van der Waals surface area (Å²) < 4.78 is 0. The predicted molar refractivity (Wildman–Crippen MR) is 91.0 cm³/mol. The SMILES string of the molecule is CC(C)CCC(C(=O)O)C(C)CC(=O)NNC(=O)c1ccccc1. The predicted octanol–water partition coefficient (Wildman–Crippen LogP) is 2.61. The first-order valence-electron chi connectivity index (χ1n) is 8.18. The van der Waals surface area contributed by atoms with Gasteiger partial charge in [-0.2, -0.15) is 0 Å². The normalized spacial score (nSPS) is 13.2. The number of hydrogen-bond acceptors (Lipinski definition) is 3. The second kappa shape index (κ2) is 9.70. The van der Waals surface area contributed by atoms with Crippen LogP contribution in [0, 0.1) is 17.8 Å². The van der Waals surface area contributed by atoms with Crippen LogP contribution in [0.15, 0.2) is 30.3 Å². The van der Waals surface area contributed by atoms with Gasteiger partial charge in [0.2, 0.25) is 5.91 Å². The van der Waals surface area contributed by atoms with E-state index in [9.17, 15) is 19.5 Å². The molecule has 6 nitrogen and oxygen atoms in total. The van der Waals surface area contributed by atoms with Gasteiger partial charge in [-0.15, -0.1) is 0 Å². The van der Waals surface area contributed by atoms with E-state index in [4.69, 9.17) is 0 Å². The van der Waals surface area contributed by atoms with Crippen molar-refractivity contribution in [3.8, 4) is 0 Å². The summed E-state index contributed by atoms with van der Waals surface area (Å²) in [5, 5.41) is 9.33. The first kappa shape index (κ1) is 19.7. The molecule has 24 heavy (non-hydrogen) atoms. The van der Waals surface area contributed by atoms with E-state index in [0.717, 1.165) is 6.42 Å². The minimum Gasteiger partial charge on any atom is -0.481 e. The Morgan fingerprint density at radius 3 is 2.17 bits per heavy atom. The number of hydrogen-bond donors (Lipinski definition) is 3. The molecule has 3 N–H and O–H groups in total. The molecule has 0 aliphatic carbocycles. The highest BCUT2D eigenvalue weighted by molar-refractivity contribution is 5.95. The molecule has 0 radical (unpaired) electrons. The van der Waals surface area contributed by atoms with Crippen LogP contribution in [0.25, 0.3) is 0 Å². The van der Waals surface area contributed by atoms with Crippen molar-refractivity contribution in [3.63, 3.8) is 0 Å². The average Bonchev–Trinajstić information content (AvgIpc) is 2.52. The van der Waals surface area contributed by atoms with E-state index in [1.54, 1.807) is 37.3 Å². The molecule has 0 aliphatic heterocycles. The summed E-state index contributed by atoms with van der Waals surface area (Å²) in [6.07, 6.45) is 1.38. The van der Waals surface area contributed by atoms with Crippen molar-refractivity contribution >= 4 is 17.8 Å². The summed E-state index contributed by atoms with van der Waals surface area (Å²) >= 11 is 0. The Kier molecular flexibility index (Phi) is 7.95. The molecule has 0 aromatic heterocycles. The van der Waals surface area contributed by atoms with Gasteiger partial charge in [-0.3, -0.25) is 25.2 Å². The van der Waals surface area contributed by atoms with Gasteiger partial charge >= 0.3 is 5.97 Å². The van der Waals surface area contributed by atoms with E-state index in [1.165, 1.54) is 0 Å². The van der Waals surface area contributed by atoms with Crippen molar-refractivity contribution in [2.24, 2.45) is 17.8 Å². The lowest BCUT2D eigenvalue weighted by Crippen LogP contribution is -2.42. The molecule has 1 aromatic carbocycles. The van der Waals surface area contributed by atoms with E-state index < -0.39 is 23.7 Å². The number of carbonyl (C=O) groups excluding carboxylic acids is 2. The van der Waals surface area contributed by atoms with Gasteiger partial charge in [0.25, 0.3) is 5.91 Å². The third-order valence-electron chi connectivity index (χ3n) is 3.92. The van der Waals surface area contributed by atoms with Gasteiger partial charge < -0.3 is 5.11 Å². The number of amides is 2. The van der Waals surface area contributed by atoms with Gasteiger partial charge in [-0.05, 0) is 30.4 Å². The highest BCUT2D eigenvalue weighted by atomic mass is 16.4. The number of carboxylic acid groups (broad SMARTS) is 1. The zero-order chi connectivity index (χ0) is 18.1. The Morgan fingerprint density at radius 1 is 1.00 bits per heavy atom.